The summed E-state index contributed by atoms with van der Waals surface area (Å²) in [6, 6.07) is 28.6. The molecule has 11 heteroatoms. The molecule has 6 aliphatic heterocycles. The zero-order valence-corrected chi connectivity index (χ0v) is 32.0. The average Bonchev–Trinajstić information content (AvgIpc) is 3.45. The summed E-state index contributed by atoms with van der Waals surface area (Å²) >= 11 is 0. The molecule has 0 aromatic heterocycles. The van der Waals surface area contributed by atoms with Crippen LogP contribution in [0, 0.1) is 11.7 Å². The van der Waals surface area contributed by atoms with Crippen molar-refractivity contribution in [3.05, 3.63) is 125 Å². The fourth-order valence-corrected chi connectivity index (χ4v) is 9.80. The lowest BCUT2D eigenvalue weighted by atomic mass is 9.85. The second-order valence-electron chi connectivity index (χ2n) is 16.1. The molecule has 0 radical (unpaired) electrons. The molecule has 5 fully saturated rings. The molecular weight excluding hydrogens is 722 g/mol. The number of rotatable bonds is 9. The Labute approximate surface area is 331 Å². The maximum Gasteiger partial charge on any atom is 0.262 e. The van der Waals surface area contributed by atoms with Gasteiger partial charge in [0.25, 0.3) is 11.8 Å². The van der Waals surface area contributed by atoms with E-state index in [2.05, 4.69) is 75.5 Å². The molecule has 4 aromatic carbocycles. The fourth-order valence-electron chi connectivity index (χ4n) is 9.80. The van der Waals surface area contributed by atoms with E-state index in [0.29, 0.717) is 11.6 Å². The van der Waals surface area contributed by atoms with Crippen molar-refractivity contribution in [2.75, 3.05) is 42.5 Å². The average molecular weight is 768 g/mol. The number of anilines is 2. The molecule has 2 bridgehead atoms. The van der Waals surface area contributed by atoms with Crippen molar-refractivity contribution in [3.8, 4) is 5.75 Å². The summed E-state index contributed by atoms with van der Waals surface area (Å²) in [4.78, 5) is 58.7. The second-order valence-corrected chi connectivity index (χ2v) is 16.1. The summed E-state index contributed by atoms with van der Waals surface area (Å²) in [6.45, 7) is 6.75. The highest BCUT2D eigenvalue weighted by Gasteiger charge is 2.49. The van der Waals surface area contributed by atoms with Crippen LogP contribution in [0.15, 0.2) is 91.0 Å². The van der Waals surface area contributed by atoms with Crippen LogP contribution in [-0.4, -0.2) is 89.4 Å². The van der Waals surface area contributed by atoms with E-state index < -0.39 is 35.5 Å². The summed E-state index contributed by atoms with van der Waals surface area (Å²) in [7, 11) is 0. The SMILES string of the molecule is CCC(=C(c1ccc(O)cc1)c1ccc(N2CCC(CN3CC4CC(C3)N4c3cc4c(cc3F)C(=O)N(C3CCC(=O)NC3=O)C4=O)CC2)cc1)c1ccccc1. The van der Waals surface area contributed by atoms with Crippen LogP contribution in [0.25, 0.3) is 11.1 Å². The largest absolute Gasteiger partial charge is 0.508 e. The lowest BCUT2D eigenvalue weighted by Crippen LogP contribution is -2.69. The van der Waals surface area contributed by atoms with Gasteiger partial charge in [-0.25, -0.2) is 4.39 Å². The Morgan fingerprint density at radius 1 is 0.789 bits per heavy atom. The van der Waals surface area contributed by atoms with Crippen molar-refractivity contribution >= 4 is 46.1 Å². The number of nitrogens with one attached hydrogen (secondary N) is 1. The first kappa shape index (κ1) is 36.8. The molecule has 0 spiro atoms. The standard InChI is InChI=1S/C46H46FN5O5/c1-2-36(29-6-4-3-5-7-29)43(31-10-14-35(53)15-11-31)30-8-12-32(13-9-30)50-20-18-28(19-21-50)25-49-26-33-22-34(27-49)51(33)41-24-38-37(23-39(41)47)45(56)52(46(38)57)40-16-17-42(54)48-44(40)55/h3-15,23-24,28,33-34,40,53H,2,16-22,25-27H2,1H3,(H,48,54,55). The number of hydrogen-bond acceptors (Lipinski definition) is 8. The van der Waals surface area contributed by atoms with Crippen LogP contribution in [-0.2, 0) is 9.59 Å². The Hall–Kier alpha value is -5.81. The molecule has 6 aliphatic rings. The monoisotopic (exact) mass is 767 g/mol. The summed E-state index contributed by atoms with van der Waals surface area (Å²) in [6.07, 6.45) is 4.08. The van der Waals surface area contributed by atoms with Gasteiger partial charge in [0.15, 0.2) is 0 Å². The van der Waals surface area contributed by atoms with Crippen LogP contribution in [0.5, 0.6) is 5.75 Å². The summed E-state index contributed by atoms with van der Waals surface area (Å²) in [5.41, 5.74) is 7.46. The van der Waals surface area contributed by atoms with Gasteiger partial charge in [-0.3, -0.25) is 34.3 Å². The number of hydrogen-bond donors (Lipinski definition) is 2. The van der Waals surface area contributed by atoms with E-state index in [1.165, 1.54) is 28.5 Å². The highest BCUT2D eigenvalue weighted by atomic mass is 19.1. The molecule has 6 heterocycles. The minimum absolute atomic E-state index is 0.0300. The van der Waals surface area contributed by atoms with Gasteiger partial charge in [-0.2, -0.15) is 0 Å². The number of phenolic OH excluding ortho intramolecular Hbond substituents is 1. The predicted molar refractivity (Wildman–Crippen MR) is 216 cm³/mol. The minimum Gasteiger partial charge on any atom is -0.508 e. The number of fused-ring (bicyclic) bond motifs is 3. The second kappa shape index (κ2) is 14.9. The number of aromatic hydroxyl groups is 1. The molecule has 5 saturated heterocycles. The number of benzene rings is 4. The molecule has 4 aromatic rings. The van der Waals surface area contributed by atoms with E-state index in [0.717, 1.165) is 80.5 Å². The lowest BCUT2D eigenvalue weighted by molar-refractivity contribution is -0.136. The lowest BCUT2D eigenvalue weighted by Gasteiger charge is -2.58. The third kappa shape index (κ3) is 6.77. The first-order valence-corrected chi connectivity index (χ1v) is 20.2. The number of halogens is 1. The Morgan fingerprint density at radius 2 is 1.42 bits per heavy atom. The highest BCUT2D eigenvalue weighted by molar-refractivity contribution is 6.23. The number of nitrogens with zero attached hydrogens (tertiary/aromatic N) is 4. The minimum atomic E-state index is -1.08. The maximum atomic E-state index is 15.7. The van der Waals surface area contributed by atoms with E-state index in [1.54, 1.807) is 12.1 Å². The van der Waals surface area contributed by atoms with Crippen LogP contribution in [0.2, 0.25) is 0 Å². The Bertz CT molecular complexity index is 2260. The van der Waals surface area contributed by atoms with E-state index in [4.69, 9.17) is 0 Å². The van der Waals surface area contributed by atoms with E-state index in [9.17, 15) is 24.3 Å². The molecule has 57 heavy (non-hydrogen) atoms. The highest BCUT2D eigenvalue weighted by Crippen LogP contribution is 2.42. The van der Waals surface area contributed by atoms with Gasteiger partial charge in [-0.15, -0.1) is 0 Å². The number of imide groups is 2. The normalized spacial score (nSPS) is 23.0. The fraction of sp³-hybridized carbons (Fsp3) is 0.348. The zero-order valence-electron chi connectivity index (χ0n) is 32.0. The van der Waals surface area contributed by atoms with Crippen LogP contribution >= 0.6 is 0 Å². The Morgan fingerprint density at radius 3 is 2.05 bits per heavy atom. The third-order valence-electron chi connectivity index (χ3n) is 12.6. The molecule has 10 rings (SSSR count). The van der Waals surface area contributed by atoms with Crippen molar-refractivity contribution in [3.63, 3.8) is 0 Å². The smallest absolute Gasteiger partial charge is 0.262 e. The van der Waals surface area contributed by atoms with Crippen LogP contribution in [0.1, 0.15) is 82.9 Å². The molecular formula is C46H46FN5O5. The molecule has 3 unspecified atom stereocenters. The van der Waals surface area contributed by atoms with Gasteiger partial charge in [-0.1, -0.05) is 61.5 Å². The molecule has 4 amide bonds. The van der Waals surface area contributed by atoms with Gasteiger partial charge in [0.2, 0.25) is 11.8 Å². The molecule has 0 aliphatic carbocycles. The summed E-state index contributed by atoms with van der Waals surface area (Å²) in [5, 5.41) is 12.2. The van der Waals surface area contributed by atoms with Gasteiger partial charge >= 0.3 is 0 Å². The first-order valence-electron chi connectivity index (χ1n) is 20.2. The van der Waals surface area contributed by atoms with Crippen molar-refractivity contribution in [2.45, 2.75) is 63.6 Å². The van der Waals surface area contributed by atoms with Gasteiger partial charge < -0.3 is 14.9 Å². The summed E-state index contributed by atoms with van der Waals surface area (Å²) in [5.74, 6) is -2.17. The molecule has 0 saturated carbocycles. The quantitative estimate of drug-likeness (QED) is 0.147. The zero-order chi connectivity index (χ0) is 39.4. The number of carbonyl (C=O) groups is 4. The van der Waals surface area contributed by atoms with Gasteiger partial charge in [0, 0.05) is 56.9 Å². The van der Waals surface area contributed by atoms with Crippen LogP contribution in [0.4, 0.5) is 15.8 Å². The van der Waals surface area contributed by atoms with Crippen LogP contribution in [0.3, 0.4) is 0 Å². The number of piperazine rings is 1. The van der Waals surface area contributed by atoms with E-state index >= 15 is 4.39 Å². The van der Waals surface area contributed by atoms with Gasteiger partial charge in [-0.05, 0) is 102 Å². The van der Waals surface area contributed by atoms with Crippen molar-refractivity contribution in [2.24, 2.45) is 5.92 Å². The number of allylic oxidation sites excluding steroid dienone is 1. The summed E-state index contributed by atoms with van der Waals surface area (Å²) < 4.78 is 15.7. The van der Waals surface area contributed by atoms with E-state index in [1.807, 2.05) is 18.2 Å². The number of piperidine rings is 3. The van der Waals surface area contributed by atoms with Crippen molar-refractivity contribution < 1.29 is 28.7 Å². The molecule has 2 N–H and O–H groups in total. The number of phenols is 1. The van der Waals surface area contributed by atoms with Gasteiger partial charge in [0.05, 0.1) is 16.8 Å². The Kier molecular flexibility index (Phi) is 9.64. The van der Waals surface area contributed by atoms with Crippen molar-refractivity contribution in [1.29, 1.82) is 0 Å². The maximum absolute atomic E-state index is 15.7. The predicted octanol–water partition coefficient (Wildman–Crippen LogP) is 6.48. The molecule has 10 nitrogen and oxygen atoms in total. The number of amides is 4. The van der Waals surface area contributed by atoms with Gasteiger partial charge in [0.1, 0.15) is 17.6 Å². The first-order chi connectivity index (χ1) is 27.7. The van der Waals surface area contributed by atoms with Crippen molar-refractivity contribution in [1.82, 2.24) is 15.1 Å². The number of carbonyl (C=O) groups excluding carboxylic acids is 4. The topological polar surface area (TPSA) is 114 Å². The third-order valence-corrected chi connectivity index (χ3v) is 12.6. The Balaban J connectivity index is 0.825. The molecule has 292 valence electrons. The van der Waals surface area contributed by atoms with Crippen LogP contribution < -0.4 is 15.1 Å². The molecule has 3 atom stereocenters. The van der Waals surface area contributed by atoms with E-state index in [-0.39, 0.29) is 41.8 Å².